The summed E-state index contributed by atoms with van der Waals surface area (Å²) in [5, 5.41) is 4.98. The molecule has 0 fully saturated rings. The molecule has 3 aromatic rings. The number of anilines is 1. The van der Waals surface area contributed by atoms with Crippen LogP contribution >= 0.6 is 22.7 Å². The van der Waals surface area contributed by atoms with Gasteiger partial charge in [0.05, 0.1) is 5.57 Å². The molecule has 0 spiro atoms. The summed E-state index contributed by atoms with van der Waals surface area (Å²) < 4.78 is 0. The number of para-hydroxylation sites is 1. The number of amides is 1. The highest BCUT2D eigenvalue weighted by molar-refractivity contribution is 7.21. The van der Waals surface area contributed by atoms with Gasteiger partial charge in [-0.1, -0.05) is 24.3 Å². The normalized spacial score (nSPS) is 15.2. The number of benzene rings is 1. The van der Waals surface area contributed by atoms with Crippen LogP contribution in [0.1, 0.15) is 10.4 Å². The van der Waals surface area contributed by atoms with Crippen molar-refractivity contribution < 1.29 is 4.79 Å². The third-order valence-electron chi connectivity index (χ3n) is 3.39. The van der Waals surface area contributed by atoms with E-state index in [0.717, 1.165) is 21.7 Å². The summed E-state index contributed by atoms with van der Waals surface area (Å²) in [6.07, 6.45) is 1.98. The van der Waals surface area contributed by atoms with Gasteiger partial charge in [-0.2, -0.15) is 0 Å². The van der Waals surface area contributed by atoms with Crippen molar-refractivity contribution in [2.24, 2.45) is 0 Å². The number of hydrogen-bond acceptors (Lipinski definition) is 3. The van der Waals surface area contributed by atoms with E-state index >= 15 is 0 Å². The molecule has 3 heterocycles. The van der Waals surface area contributed by atoms with Crippen molar-refractivity contribution in [3.05, 3.63) is 64.4 Å². The molecule has 1 aliphatic heterocycles. The molecule has 0 saturated heterocycles. The molecule has 1 amide bonds. The summed E-state index contributed by atoms with van der Waals surface area (Å²) >= 11 is 3.44. The van der Waals surface area contributed by atoms with Crippen molar-refractivity contribution in [1.82, 2.24) is 0 Å². The van der Waals surface area contributed by atoms with Gasteiger partial charge in [0.2, 0.25) is 0 Å². The minimum Gasteiger partial charge on any atom is -0.321 e. The number of fused-ring (bicyclic) bond motifs is 1. The second-order valence-corrected chi connectivity index (χ2v) is 6.80. The van der Waals surface area contributed by atoms with Crippen molar-refractivity contribution in [3.8, 4) is 9.75 Å². The summed E-state index contributed by atoms with van der Waals surface area (Å²) in [6, 6.07) is 16.2. The summed E-state index contributed by atoms with van der Waals surface area (Å²) in [4.78, 5) is 15.7. The molecule has 0 aliphatic carbocycles. The van der Waals surface area contributed by atoms with Crippen LogP contribution in [0.2, 0.25) is 0 Å². The second kappa shape index (κ2) is 4.98. The van der Waals surface area contributed by atoms with Gasteiger partial charge in [0.1, 0.15) is 0 Å². The zero-order valence-electron chi connectivity index (χ0n) is 11.0. The van der Waals surface area contributed by atoms with Crippen molar-refractivity contribution in [3.63, 3.8) is 0 Å². The second-order valence-electron chi connectivity index (χ2n) is 4.74. The van der Waals surface area contributed by atoms with Gasteiger partial charge in [0, 0.05) is 25.9 Å². The lowest BCUT2D eigenvalue weighted by Crippen LogP contribution is -2.03. The Bertz CT molecular complexity index is 843. The average Bonchev–Trinajstić information content (AvgIpc) is 3.20. The first-order valence-corrected chi connectivity index (χ1v) is 8.27. The van der Waals surface area contributed by atoms with Crippen molar-refractivity contribution in [2.45, 2.75) is 0 Å². The fourth-order valence-electron chi connectivity index (χ4n) is 2.41. The van der Waals surface area contributed by atoms with E-state index in [-0.39, 0.29) is 5.91 Å². The van der Waals surface area contributed by atoms with E-state index in [1.807, 2.05) is 30.3 Å². The third kappa shape index (κ3) is 2.22. The molecule has 4 rings (SSSR count). The maximum Gasteiger partial charge on any atom is 0.256 e. The molecule has 2 nitrogen and oxygen atoms in total. The van der Waals surface area contributed by atoms with E-state index in [4.69, 9.17) is 0 Å². The number of rotatable bonds is 2. The number of hydrogen-bond donors (Lipinski definition) is 1. The van der Waals surface area contributed by atoms with E-state index in [0.29, 0.717) is 0 Å². The van der Waals surface area contributed by atoms with Gasteiger partial charge < -0.3 is 5.32 Å². The Morgan fingerprint density at radius 2 is 1.86 bits per heavy atom. The van der Waals surface area contributed by atoms with Crippen molar-refractivity contribution >= 4 is 45.9 Å². The highest BCUT2D eigenvalue weighted by Gasteiger charge is 2.23. The number of carbonyl (C=O) groups is 1. The molecule has 21 heavy (non-hydrogen) atoms. The zero-order valence-corrected chi connectivity index (χ0v) is 12.6. The smallest absolute Gasteiger partial charge is 0.256 e. The number of thiophene rings is 2. The van der Waals surface area contributed by atoms with E-state index < -0.39 is 0 Å². The molecule has 2 aromatic heterocycles. The van der Waals surface area contributed by atoms with Gasteiger partial charge in [0.15, 0.2) is 0 Å². The van der Waals surface area contributed by atoms with E-state index in [1.54, 1.807) is 22.7 Å². The topological polar surface area (TPSA) is 29.1 Å². The van der Waals surface area contributed by atoms with Crippen molar-refractivity contribution in [1.29, 1.82) is 0 Å². The van der Waals surface area contributed by atoms with Gasteiger partial charge in [-0.3, -0.25) is 4.79 Å². The lowest BCUT2D eigenvalue weighted by atomic mass is 10.1. The summed E-state index contributed by atoms with van der Waals surface area (Å²) in [5.41, 5.74) is 2.61. The number of nitrogens with one attached hydrogen (secondary N) is 1. The van der Waals surface area contributed by atoms with E-state index in [9.17, 15) is 4.79 Å². The Morgan fingerprint density at radius 1 is 0.952 bits per heavy atom. The lowest BCUT2D eigenvalue weighted by molar-refractivity contribution is -0.110. The maximum absolute atomic E-state index is 12.1. The van der Waals surface area contributed by atoms with Crippen LogP contribution in [0.3, 0.4) is 0 Å². The predicted octanol–water partition coefficient (Wildman–Crippen LogP) is 4.97. The van der Waals surface area contributed by atoms with Gasteiger partial charge in [0.25, 0.3) is 5.91 Å². The molecule has 1 aliphatic rings. The Kier molecular flexibility index (Phi) is 2.98. The van der Waals surface area contributed by atoms with Crippen LogP contribution in [0, 0.1) is 0 Å². The maximum atomic E-state index is 12.1. The van der Waals surface area contributed by atoms with Gasteiger partial charge in [-0.15, -0.1) is 22.7 Å². The molecule has 0 atom stereocenters. The first-order chi connectivity index (χ1) is 10.3. The average molecular weight is 309 g/mol. The molecule has 0 radical (unpaired) electrons. The minimum absolute atomic E-state index is 0.0257. The predicted molar refractivity (Wildman–Crippen MR) is 90.6 cm³/mol. The molecular formula is C17H11NOS2. The first kappa shape index (κ1) is 12.6. The van der Waals surface area contributed by atoms with Crippen LogP contribution in [-0.4, -0.2) is 5.91 Å². The Morgan fingerprint density at radius 3 is 2.71 bits per heavy atom. The van der Waals surface area contributed by atoms with Crippen molar-refractivity contribution in [2.75, 3.05) is 5.32 Å². The summed E-state index contributed by atoms with van der Waals surface area (Å²) in [7, 11) is 0. The zero-order chi connectivity index (χ0) is 14.2. The molecular weight excluding hydrogens is 298 g/mol. The Labute approximate surface area is 130 Å². The van der Waals surface area contributed by atoms with E-state index in [2.05, 4.69) is 35.0 Å². The van der Waals surface area contributed by atoms with Gasteiger partial charge in [-0.25, -0.2) is 0 Å². The molecule has 0 bridgehead atoms. The highest BCUT2D eigenvalue weighted by Crippen LogP contribution is 2.36. The standard InChI is InChI=1S/C17H11NOS2/c19-17-13(12-4-1-2-5-14(12)18-17)10-11-7-8-16(21-11)15-6-3-9-20-15/h1-10H,(H,18,19). The van der Waals surface area contributed by atoms with Gasteiger partial charge >= 0.3 is 0 Å². The molecule has 102 valence electrons. The molecule has 1 aromatic carbocycles. The fraction of sp³-hybridized carbons (Fsp3) is 0. The van der Waals surface area contributed by atoms with E-state index in [1.165, 1.54) is 9.75 Å². The van der Waals surface area contributed by atoms with Crippen LogP contribution in [-0.2, 0) is 4.79 Å². The molecule has 0 unspecified atom stereocenters. The SMILES string of the molecule is O=C1Nc2ccccc2C1=Cc1ccc(-c2cccs2)s1. The summed E-state index contributed by atoms with van der Waals surface area (Å²) in [5.74, 6) is -0.0257. The molecule has 0 saturated carbocycles. The summed E-state index contributed by atoms with van der Waals surface area (Å²) in [6.45, 7) is 0. The Hall–Kier alpha value is -2.17. The lowest BCUT2D eigenvalue weighted by Gasteiger charge is -1.96. The van der Waals surface area contributed by atoms with Crippen LogP contribution < -0.4 is 5.32 Å². The van der Waals surface area contributed by atoms with Gasteiger partial charge in [-0.05, 0) is 35.7 Å². The van der Waals surface area contributed by atoms with Crippen LogP contribution in [0.25, 0.3) is 21.4 Å². The first-order valence-electron chi connectivity index (χ1n) is 6.57. The highest BCUT2D eigenvalue weighted by atomic mass is 32.1. The fourth-order valence-corrected chi connectivity index (χ4v) is 4.19. The van der Waals surface area contributed by atoms with Crippen LogP contribution in [0.4, 0.5) is 5.69 Å². The molecule has 1 N–H and O–H groups in total. The monoisotopic (exact) mass is 309 g/mol. The third-order valence-corrected chi connectivity index (χ3v) is 5.49. The van der Waals surface area contributed by atoms with Crippen LogP contribution in [0.15, 0.2) is 53.9 Å². The quantitative estimate of drug-likeness (QED) is 0.665. The van der Waals surface area contributed by atoms with Crippen LogP contribution in [0.5, 0.6) is 0 Å². The Balaban J connectivity index is 1.74. The number of carbonyl (C=O) groups excluding carboxylic acids is 1. The largest absolute Gasteiger partial charge is 0.321 e. The molecule has 4 heteroatoms. The minimum atomic E-state index is -0.0257.